The van der Waals surface area contributed by atoms with Crippen LogP contribution in [0.2, 0.25) is 0 Å². The molecule has 0 amide bonds. The molecule has 1 heterocycles. The third kappa shape index (κ3) is 1.65. The fraction of sp³-hybridized carbons (Fsp3) is 0.300. The summed E-state index contributed by atoms with van der Waals surface area (Å²) < 4.78 is 0. The number of fused-ring (bicyclic) bond motifs is 1. The van der Waals surface area contributed by atoms with Crippen molar-refractivity contribution in [3.63, 3.8) is 0 Å². The summed E-state index contributed by atoms with van der Waals surface area (Å²) in [6.07, 6.45) is 0.580. The lowest BCUT2D eigenvalue weighted by Gasteiger charge is -2.04. The average Bonchev–Trinajstić information content (AvgIpc) is 2.28. The van der Waals surface area contributed by atoms with Gasteiger partial charge in [-0.25, -0.2) is 0 Å². The Morgan fingerprint density at radius 1 is 1.38 bits per heavy atom. The molecule has 0 bridgehead atoms. The fourth-order valence-electron chi connectivity index (χ4n) is 1.59. The number of nitrogens with one attached hydrogen (secondary N) is 1. The van der Waals surface area contributed by atoms with Gasteiger partial charge in [-0.1, -0.05) is 23.7 Å². The summed E-state index contributed by atoms with van der Waals surface area (Å²) in [6.45, 7) is 1.50. The SMILES string of the molecule is [B]c1ccc2c(c1)CNCCC2=O. The maximum Gasteiger partial charge on any atom is 0.164 e. The number of rotatable bonds is 0. The van der Waals surface area contributed by atoms with Crippen molar-refractivity contribution >= 4 is 19.1 Å². The highest BCUT2D eigenvalue weighted by atomic mass is 16.1. The highest BCUT2D eigenvalue weighted by Gasteiger charge is 2.13. The number of ketones is 1. The van der Waals surface area contributed by atoms with Gasteiger partial charge in [0.1, 0.15) is 7.85 Å². The molecule has 13 heavy (non-hydrogen) atoms. The summed E-state index contributed by atoms with van der Waals surface area (Å²) in [4.78, 5) is 11.5. The number of carbonyl (C=O) groups is 1. The third-order valence-corrected chi connectivity index (χ3v) is 2.27. The summed E-state index contributed by atoms with van der Waals surface area (Å²) in [7, 11) is 5.64. The van der Waals surface area contributed by atoms with Crippen LogP contribution in [0.5, 0.6) is 0 Å². The smallest absolute Gasteiger partial charge is 0.164 e. The number of Topliss-reactive ketones (excluding diaryl/α,β-unsaturated/α-hetero) is 1. The standard InChI is InChI=1S/C10H10BNO/c11-8-1-2-9-7(5-8)6-12-4-3-10(9)13/h1-2,5,12H,3-4,6H2. The van der Waals surface area contributed by atoms with Gasteiger partial charge in [0.25, 0.3) is 0 Å². The molecule has 0 unspecified atom stereocenters. The largest absolute Gasteiger partial charge is 0.312 e. The van der Waals surface area contributed by atoms with Crippen LogP contribution in [0.4, 0.5) is 0 Å². The first-order valence-electron chi connectivity index (χ1n) is 4.40. The van der Waals surface area contributed by atoms with E-state index in [-0.39, 0.29) is 5.78 Å². The molecule has 1 aliphatic heterocycles. The molecule has 1 aromatic rings. The second-order valence-corrected chi connectivity index (χ2v) is 3.27. The molecule has 3 heteroatoms. The van der Waals surface area contributed by atoms with E-state index in [1.54, 1.807) is 6.07 Å². The van der Waals surface area contributed by atoms with Gasteiger partial charge in [0.2, 0.25) is 0 Å². The van der Waals surface area contributed by atoms with Gasteiger partial charge in [-0.15, -0.1) is 0 Å². The zero-order valence-corrected chi connectivity index (χ0v) is 7.34. The highest BCUT2D eigenvalue weighted by Crippen LogP contribution is 2.12. The van der Waals surface area contributed by atoms with Crippen molar-refractivity contribution in [2.75, 3.05) is 6.54 Å². The van der Waals surface area contributed by atoms with Gasteiger partial charge >= 0.3 is 0 Å². The van der Waals surface area contributed by atoms with E-state index in [0.29, 0.717) is 6.42 Å². The predicted molar refractivity (Wildman–Crippen MR) is 52.5 cm³/mol. The second kappa shape index (κ2) is 3.34. The topological polar surface area (TPSA) is 29.1 Å². The van der Waals surface area contributed by atoms with E-state index in [9.17, 15) is 4.79 Å². The van der Waals surface area contributed by atoms with Gasteiger partial charge in [-0.05, 0) is 5.56 Å². The Labute approximate surface area is 78.7 Å². The number of benzene rings is 1. The molecule has 0 spiro atoms. The van der Waals surface area contributed by atoms with Crippen LogP contribution in [0, 0.1) is 0 Å². The lowest BCUT2D eigenvalue weighted by molar-refractivity contribution is 0.0985. The first-order valence-corrected chi connectivity index (χ1v) is 4.40. The van der Waals surface area contributed by atoms with Gasteiger partial charge < -0.3 is 5.32 Å². The monoisotopic (exact) mass is 171 g/mol. The lowest BCUT2D eigenvalue weighted by atomic mass is 9.91. The van der Waals surface area contributed by atoms with E-state index >= 15 is 0 Å². The van der Waals surface area contributed by atoms with Crippen LogP contribution in [-0.2, 0) is 6.54 Å². The minimum Gasteiger partial charge on any atom is -0.312 e. The van der Waals surface area contributed by atoms with Crippen LogP contribution in [-0.4, -0.2) is 20.2 Å². The van der Waals surface area contributed by atoms with Crippen molar-refractivity contribution in [3.05, 3.63) is 29.3 Å². The van der Waals surface area contributed by atoms with Crippen molar-refractivity contribution in [2.24, 2.45) is 0 Å². The van der Waals surface area contributed by atoms with Crippen molar-refractivity contribution in [1.29, 1.82) is 0 Å². The summed E-state index contributed by atoms with van der Waals surface area (Å²) >= 11 is 0. The van der Waals surface area contributed by atoms with Gasteiger partial charge in [-0.2, -0.15) is 0 Å². The molecule has 0 aliphatic carbocycles. The summed E-state index contributed by atoms with van der Waals surface area (Å²) in [5.74, 6) is 0.208. The van der Waals surface area contributed by atoms with Gasteiger partial charge in [0.15, 0.2) is 5.78 Å². The van der Waals surface area contributed by atoms with E-state index < -0.39 is 0 Å². The zero-order chi connectivity index (χ0) is 9.26. The van der Waals surface area contributed by atoms with Crippen molar-refractivity contribution < 1.29 is 4.79 Å². The minimum absolute atomic E-state index is 0.208. The maximum atomic E-state index is 11.5. The molecular weight excluding hydrogens is 161 g/mol. The molecule has 1 aromatic carbocycles. The van der Waals surface area contributed by atoms with Crippen LogP contribution in [0.25, 0.3) is 0 Å². The van der Waals surface area contributed by atoms with E-state index in [1.807, 2.05) is 12.1 Å². The average molecular weight is 171 g/mol. The van der Waals surface area contributed by atoms with Gasteiger partial charge in [0, 0.05) is 25.1 Å². The molecule has 0 fully saturated rings. The van der Waals surface area contributed by atoms with E-state index in [0.717, 1.165) is 29.7 Å². The molecule has 2 nitrogen and oxygen atoms in total. The summed E-state index contributed by atoms with van der Waals surface area (Å²) in [5.41, 5.74) is 2.55. The molecule has 1 N–H and O–H groups in total. The van der Waals surface area contributed by atoms with E-state index in [4.69, 9.17) is 7.85 Å². The summed E-state index contributed by atoms with van der Waals surface area (Å²) in [6, 6.07) is 5.47. The Kier molecular flexibility index (Phi) is 2.19. The first kappa shape index (κ1) is 8.51. The fourth-order valence-corrected chi connectivity index (χ4v) is 1.59. The quantitative estimate of drug-likeness (QED) is 0.563. The molecule has 2 rings (SSSR count). The molecular formula is C10H10BNO. The minimum atomic E-state index is 0.208. The Morgan fingerprint density at radius 3 is 3.08 bits per heavy atom. The number of hydrogen-bond acceptors (Lipinski definition) is 2. The van der Waals surface area contributed by atoms with Crippen LogP contribution >= 0.6 is 0 Å². The molecule has 0 saturated carbocycles. The number of hydrogen-bond donors (Lipinski definition) is 1. The summed E-state index contributed by atoms with van der Waals surface area (Å²) in [5, 5.41) is 3.18. The molecule has 0 saturated heterocycles. The van der Waals surface area contributed by atoms with E-state index in [1.165, 1.54) is 0 Å². The Hall–Kier alpha value is -1.09. The zero-order valence-electron chi connectivity index (χ0n) is 7.34. The number of carbonyl (C=O) groups excluding carboxylic acids is 1. The Bertz CT molecular complexity index is 349. The predicted octanol–water partition coefficient (Wildman–Crippen LogP) is 0.156. The first-order chi connectivity index (χ1) is 6.27. The van der Waals surface area contributed by atoms with Crippen LogP contribution in [0.1, 0.15) is 22.3 Å². The third-order valence-electron chi connectivity index (χ3n) is 2.27. The molecule has 2 radical (unpaired) electrons. The van der Waals surface area contributed by atoms with Crippen molar-refractivity contribution in [1.82, 2.24) is 5.32 Å². The maximum absolute atomic E-state index is 11.5. The van der Waals surface area contributed by atoms with Crippen LogP contribution in [0.3, 0.4) is 0 Å². The normalized spacial score (nSPS) is 16.5. The highest BCUT2D eigenvalue weighted by molar-refractivity contribution is 6.32. The molecule has 1 aliphatic rings. The van der Waals surface area contributed by atoms with E-state index in [2.05, 4.69) is 5.32 Å². The molecule has 64 valence electrons. The van der Waals surface area contributed by atoms with Crippen LogP contribution < -0.4 is 10.8 Å². The Morgan fingerprint density at radius 2 is 2.23 bits per heavy atom. The van der Waals surface area contributed by atoms with Crippen LogP contribution in [0.15, 0.2) is 18.2 Å². The molecule has 0 aromatic heterocycles. The van der Waals surface area contributed by atoms with Crippen molar-refractivity contribution in [3.8, 4) is 0 Å². The van der Waals surface area contributed by atoms with Crippen molar-refractivity contribution in [2.45, 2.75) is 13.0 Å². The van der Waals surface area contributed by atoms with Gasteiger partial charge in [-0.3, -0.25) is 4.79 Å². The molecule has 0 atom stereocenters. The Balaban J connectivity index is 2.48. The van der Waals surface area contributed by atoms with Gasteiger partial charge in [0.05, 0.1) is 0 Å². The lowest BCUT2D eigenvalue weighted by Crippen LogP contribution is -2.13. The second-order valence-electron chi connectivity index (χ2n) is 3.27.